The number of aliphatic hydroxyl groups excluding tert-OH is 1. The van der Waals surface area contributed by atoms with E-state index >= 15 is 0 Å². The lowest BCUT2D eigenvalue weighted by Crippen LogP contribution is -2.71. The molecule has 2 saturated heterocycles. The third-order valence-electron chi connectivity index (χ3n) is 6.45. The minimum atomic E-state index is -2.18. The quantitative estimate of drug-likeness (QED) is 0.634. The number of benzene rings is 1. The number of carbonyl (C=O) groups is 2. The Morgan fingerprint density at radius 2 is 1.96 bits per heavy atom. The smallest absolute Gasteiger partial charge is 0.283 e. The third-order valence-corrected chi connectivity index (χ3v) is 6.45. The fraction of sp³-hybridized carbons (Fsp3) is 0.429. The number of aromatic nitrogens is 1. The van der Waals surface area contributed by atoms with Crippen molar-refractivity contribution in [3.63, 3.8) is 0 Å². The van der Waals surface area contributed by atoms with Gasteiger partial charge in [-0.3, -0.25) is 9.59 Å². The van der Waals surface area contributed by atoms with E-state index in [4.69, 9.17) is 0 Å². The Bertz CT molecular complexity index is 1040. The van der Waals surface area contributed by atoms with Gasteiger partial charge in [-0.1, -0.05) is 38.1 Å². The number of rotatable bonds is 0. The van der Waals surface area contributed by atoms with Crippen molar-refractivity contribution in [3.05, 3.63) is 47.8 Å². The van der Waals surface area contributed by atoms with E-state index in [-0.39, 0.29) is 18.9 Å². The molecular formula is C21H23N3O4. The Hall–Kier alpha value is -2.64. The number of hydrogen-bond acceptors (Lipinski definition) is 4. The zero-order valence-electron chi connectivity index (χ0n) is 15.8. The molecule has 146 valence electrons. The topological polar surface area (TPSA) is 96.9 Å². The molecule has 0 bridgehead atoms. The molecule has 3 N–H and O–H groups in total. The zero-order valence-corrected chi connectivity index (χ0v) is 15.8. The Kier molecular flexibility index (Phi) is 3.40. The molecule has 4 heterocycles. The van der Waals surface area contributed by atoms with Crippen LogP contribution in [-0.4, -0.2) is 61.2 Å². The molecule has 2 aromatic rings. The Morgan fingerprint density at radius 1 is 1.21 bits per heavy atom. The molecule has 0 spiro atoms. The van der Waals surface area contributed by atoms with Gasteiger partial charge in [-0.15, -0.1) is 0 Å². The number of nitrogens with one attached hydrogen (secondary N) is 1. The van der Waals surface area contributed by atoms with Crippen LogP contribution in [0, 0.1) is 0 Å². The van der Waals surface area contributed by atoms with Gasteiger partial charge >= 0.3 is 0 Å². The highest BCUT2D eigenvalue weighted by Gasteiger charge is 2.62. The molecule has 1 aromatic carbocycles. The van der Waals surface area contributed by atoms with Crippen LogP contribution in [0.5, 0.6) is 0 Å². The van der Waals surface area contributed by atoms with E-state index in [1.54, 1.807) is 6.20 Å². The second kappa shape index (κ2) is 5.46. The number of H-pyrrole nitrogens is 1. The average molecular weight is 381 g/mol. The second-order valence-electron chi connectivity index (χ2n) is 8.51. The summed E-state index contributed by atoms with van der Waals surface area (Å²) in [6.45, 7) is 4.25. The van der Waals surface area contributed by atoms with Gasteiger partial charge in [0.15, 0.2) is 0 Å². The van der Waals surface area contributed by atoms with Gasteiger partial charge < -0.3 is 25.0 Å². The average Bonchev–Trinajstić information content (AvgIpc) is 3.18. The summed E-state index contributed by atoms with van der Waals surface area (Å²) in [5.74, 6) is -0.975. The molecule has 3 atom stereocenters. The van der Waals surface area contributed by atoms with Crippen molar-refractivity contribution in [1.82, 2.24) is 14.8 Å². The minimum absolute atomic E-state index is 0.169. The van der Waals surface area contributed by atoms with Crippen molar-refractivity contribution in [1.29, 1.82) is 0 Å². The predicted molar refractivity (Wildman–Crippen MR) is 102 cm³/mol. The van der Waals surface area contributed by atoms with Gasteiger partial charge in [0.1, 0.15) is 12.1 Å². The SMILES string of the molecule is CC1(C)C=CN2C(=O)[C@]3(O)[C@@H](O)CCN3C(=O)[C@@H]2Cc2c1[nH]c1ccccc21. The lowest BCUT2D eigenvalue weighted by Gasteiger charge is -2.47. The number of aliphatic hydroxyl groups is 2. The van der Waals surface area contributed by atoms with Gasteiger partial charge in [0.2, 0.25) is 11.6 Å². The largest absolute Gasteiger partial charge is 0.387 e. The summed E-state index contributed by atoms with van der Waals surface area (Å²) in [6.07, 6.45) is 2.72. The fourth-order valence-corrected chi connectivity index (χ4v) is 4.83. The number of fused-ring (bicyclic) bond motifs is 5. The first-order valence-electron chi connectivity index (χ1n) is 9.59. The molecular weight excluding hydrogens is 358 g/mol. The first-order valence-corrected chi connectivity index (χ1v) is 9.59. The maximum absolute atomic E-state index is 13.2. The van der Waals surface area contributed by atoms with E-state index in [0.717, 1.165) is 27.1 Å². The summed E-state index contributed by atoms with van der Waals surface area (Å²) in [4.78, 5) is 32.4. The normalized spacial score (nSPS) is 31.4. The van der Waals surface area contributed by atoms with Gasteiger partial charge in [-0.2, -0.15) is 0 Å². The Labute approximate surface area is 162 Å². The lowest BCUT2D eigenvalue weighted by atomic mass is 9.82. The molecule has 1 aromatic heterocycles. The van der Waals surface area contributed by atoms with E-state index in [9.17, 15) is 19.8 Å². The zero-order chi connectivity index (χ0) is 19.8. The summed E-state index contributed by atoms with van der Waals surface area (Å²) >= 11 is 0. The van der Waals surface area contributed by atoms with Crippen molar-refractivity contribution in [2.24, 2.45) is 0 Å². The summed E-state index contributed by atoms with van der Waals surface area (Å²) in [7, 11) is 0. The van der Waals surface area contributed by atoms with Crippen molar-refractivity contribution < 1.29 is 19.8 Å². The van der Waals surface area contributed by atoms with Crippen LogP contribution >= 0.6 is 0 Å². The third kappa shape index (κ3) is 2.06. The van der Waals surface area contributed by atoms with Gasteiger partial charge in [-0.25, -0.2) is 0 Å². The lowest BCUT2D eigenvalue weighted by molar-refractivity contribution is -0.202. The highest BCUT2D eigenvalue weighted by Crippen LogP contribution is 2.40. The Morgan fingerprint density at radius 3 is 2.75 bits per heavy atom. The monoisotopic (exact) mass is 381 g/mol. The van der Waals surface area contributed by atoms with E-state index in [0.29, 0.717) is 6.42 Å². The summed E-state index contributed by atoms with van der Waals surface area (Å²) in [6, 6.07) is 7.19. The van der Waals surface area contributed by atoms with Crippen LogP contribution in [0.4, 0.5) is 0 Å². The van der Waals surface area contributed by atoms with E-state index in [1.807, 2.05) is 44.2 Å². The summed E-state index contributed by atoms with van der Waals surface area (Å²) < 4.78 is 0. The van der Waals surface area contributed by atoms with Gasteiger partial charge in [0, 0.05) is 41.2 Å². The number of hydrogen-bond donors (Lipinski definition) is 3. The standard InChI is InChI=1S/C21H23N3O4/c1-20(2)8-10-23-15(11-13-12-5-3-4-6-14(12)22-17(13)20)18(26)24-9-7-16(25)21(24,28)19(23)27/h3-6,8,10,15-16,22,25,28H,7,9,11H2,1-2H3/t15-,16-,21+/m0/s1. The molecule has 2 amide bonds. The molecule has 3 aliphatic rings. The minimum Gasteiger partial charge on any atom is -0.387 e. The molecule has 0 radical (unpaired) electrons. The molecule has 0 aliphatic carbocycles. The van der Waals surface area contributed by atoms with E-state index in [2.05, 4.69) is 4.98 Å². The second-order valence-corrected chi connectivity index (χ2v) is 8.51. The van der Waals surface area contributed by atoms with Crippen LogP contribution in [0.25, 0.3) is 10.9 Å². The van der Waals surface area contributed by atoms with E-state index < -0.39 is 29.2 Å². The number of amides is 2. The number of nitrogens with zero attached hydrogens (tertiary/aromatic N) is 2. The molecule has 5 rings (SSSR count). The molecule has 2 fully saturated rings. The highest BCUT2D eigenvalue weighted by molar-refractivity contribution is 6.01. The van der Waals surface area contributed by atoms with E-state index in [1.165, 1.54) is 4.90 Å². The van der Waals surface area contributed by atoms with Crippen LogP contribution in [0.3, 0.4) is 0 Å². The summed E-state index contributed by atoms with van der Waals surface area (Å²) in [5.41, 5.74) is 0.435. The number of allylic oxidation sites excluding steroid dienone is 1. The maximum Gasteiger partial charge on any atom is 0.283 e. The number of carbonyl (C=O) groups excluding carboxylic acids is 2. The number of aromatic amines is 1. The van der Waals surface area contributed by atoms with Crippen LogP contribution in [-0.2, 0) is 21.4 Å². The van der Waals surface area contributed by atoms with Crippen LogP contribution in [0.1, 0.15) is 31.5 Å². The first-order chi connectivity index (χ1) is 13.2. The Balaban J connectivity index is 1.70. The van der Waals surface area contributed by atoms with Crippen LogP contribution in [0.2, 0.25) is 0 Å². The molecule has 7 nitrogen and oxygen atoms in total. The summed E-state index contributed by atoms with van der Waals surface area (Å²) in [5, 5.41) is 22.2. The molecule has 0 saturated carbocycles. The predicted octanol–water partition coefficient (Wildman–Crippen LogP) is 1.01. The highest BCUT2D eigenvalue weighted by atomic mass is 16.4. The van der Waals surface area contributed by atoms with Crippen molar-refractivity contribution in [3.8, 4) is 0 Å². The van der Waals surface area contributed by atoms with Crippen LogP contribution < -0.4 is 0 Å². The van der Waals surface area contributed by atoms with Crippen molar-refractivity contribution in [2.75, 3.05) is 6.54 Å². The fourth-order valence-electron chi connectivity index (χ4n) is 4.83. The number of piperazine rings is 1. The molecule has 0 unspecified atom stereocenters. The number of para-hydroxylation sites is 1. The van der Waals surface area contributed by atoms with Gasteiger partial charge in [0.05, 0.1) is 0 Å². The van der Waals surface area contributed by atoms with Gasteiger partial charge in [0.25, 0.3) is 5.91 Å². The molecule has 28 heavy (non-hydrogen) atoms. The van der Waals surface area contributed by atoms with Crippen LogP contribution in [0.15, 0.2) is 36.5 Å². The molecule has 3 aliphatic heterocycles. The molecule has 7 heteroatoms. The van der Waals surface area contributed by atoms with Crippen molar-refractivity contribution in [2.45, 2.75) is 50.0 Å². The first kappa shape index (κ1) is 17.5. The van der Waals surface area contributed by atoms with Crippen molar-refractivity contribution >= 4 is 22.7 Å². The maximum atomic E-state index is 13.2. The van der Waals surface area contributed by atoms with Gasteiger partial charge in [-0.05, 0) is 18.1 Å².